The molecule has 1 aliphatic rings. The summed E-state index contributed by atoms with van der Waals surface area (Å²) >= 11 is 6.43. The molecule has 4 aromatic rings. The molecule has 0 bridgehead atoms. The van der Waals surface area contributed by atoms with Gasteiger partial charge in [0.25, 0.3) is 0 Å². The van der Waals surface area contributed by atoms with E-state index in [0.29, 0.717) is 39.2 Å². The van der Waals surface area contributed by atoms with E-state index in [-0.39, 0.29) is 17.4 Å². The van der Waals surface area contributed by atoms with Gasteiger partial charge in [-0.05, 0) is 18.6 Å². The lowest BCUT2D eigenvalue weighted by molar-refractivity contribution is -0.117. The Morgan fingerprint density at radius 1 is 1.37 bits per heavy atom. The number of halogens is 3. The van der Waals surface area contributed by atoms with Gasteiger partial charge >= 0.3 is 0 Å². The van der Waals surface area contributed by atoms with E-state index in [4.69, 9.17) is 11.6 Å². The molecule has 0 radical (unpaired) electrons. The number of rotatable bonds is 4. The van der Waals surface area contributed by atoms with Gasteiger partial charge in [-0.2, -0.15) is 5.10 Å². The van der Waals surface area contributed by atoms with Crippen molar-refractivity contribution in [1.29, 1.82) is 0 Å². The highest BCUT2D eigenvalue weighted by Gasteiger charge is 2.43. The van der Waals surface area contributed by atoms with Crippen LogP contribution in [0.5, 0.6) is 0 Å². The zero-order chi connectivity index (χ0) is 21.2. The number of nitrogens with zero attached hydrogens (tertiary/aromatic N) is 4. The van der Waals surface area contributed by atoms with Crippen molar-refractivity contribution in [3.8, 4) is 11.1 Å². The molecule has 1 amide bonds. The van der Waals surface area contributed by atoms with Crippen LogP contribution in [0.15, 0.2) is 30.7 Å². The van der Waals surface area contributed by atoms with Gasteiger partial charge in [-0.25, -0.2) is 13.8 Å². The maximum Gasteiger partial charge on any atom is 0.231 e. The van der Waals surface area contributed by atoms with Gasteiger partial charge in [0.1, 0.15) is 17.5 Å². The number of carbonyl (C=O) groups is 1. The number of alkyl halides is 1. The molecule has 10 heteroatoms. The molecule has 30 heavy (non-hydrogen) atoms. The minimum absolute atomic E-state index is 0.0108. The number of hydrogen-bond acceptors (Lipinski definition) is 4. The minimum atomic E-state index is -1.08. The summed E-state index contributed by atoms with van der Waals surface area (Å²) in [4.78, 5) is 17.9. The summed E-state index contributed by atoms with van der Waals surface area (Å²) in [5.41, 5.74) is 2.61. The first kappa shape index (κ1) is 18.8. The van der Waals surface area contributed by atoms with E-state index in [1.807, 2.05) is 0 Å². The number of aromatic amines is 1. The topological polar surface area (TPSA) is 78.3 Å². The summed E-state index contributed by atoms with van der Waals surface area (Å²) in [6.45, 7) is 0. The first-order valence-electron chi connectivity index (χ1n) is 9.30. The van der Waals surface area contributed by atoms with Crippen LogP contribution in [0.1, 0.15) is 6.42 Å². The van der Waals surface area contributed by atoms with Crippen molar-refractivity contribution in [2.45, 2.75) is 12.6 Å². The number of anilines is 2. The summed E-state index contributed by atoms with van der Waals surface area (Å²) in [5, 5.41) is 10.2. The Bertz CT molecular complexity index is 1310. The molecule has 2 atom stereocenters. The maximum atomic E-state index is 15.1. The van der Waals surface area contributed by atoms with E-state index in [0.717, 1.165) is 0 Å². The van der Waals surface area contributed by atoms with Crippen molar-refractivity contribution < 1.29 is 13.6 Å². The Kier molecular flexibility index (Phi) is 4.18. The minimum Gasteiger partial charge on any atom is -0.373 e. The van der Waals surface area contributed by atoms with Crippen LogP contribution >= 0.6 is 11.6 Å². The lowest BCUT2D eigenvalue weighted by atomic mass is 10.0. The molecular weight excluding hydrogens is 414 g/mol. The van der Waals surface area contributed by atoms with E-state index >= 15 is 4.39 Å². The number of nitrogens with one attached hydrogen (secondary N) is 2. The van der Waals surface area contributed by atoms with Gasteiger partial charge in [0.15, 0.2) is 11.6 Å². The largest absolute Gasteiger partial charge is 0.373 e. The molecule has 0 aliphatic heterocycles. The fourth-order valence-electron chi connectivity index (χ4n) is 3.65. The molecule has 1 aliphatic carbocycles. The van der Waals surface area contributed by atoms with Gasteiger partial charge in [0, 0.05) is 36.8 Å². The first-order chi connectivity index (χ1) is 14.3. The van der Waals surface area contributed by atoms with E-state index in [9.17, 15) is 9.18 Å². The number of amides is 1. The van der Waals surface area contributed by atoms with E-state index in [1.54, 1.807) is 54.1 Å². The summed E-state index contributed by atoms with van der Waals surface area (Å²) in [7, 11) is 3.46. The lowest BCUT2D eigenvalue weighted by Crippen LogP contribution is -2.15. The highest BCUT2D eigenvalue weighted by Crippen LogP contribution is 2.42. The fraction of sp³-hybridized carbons (Fsp3) is 0.250. The second kappa shape index (κ2) is 6.66. The molecule has 0 spiro atoms. The van der Waals surface area contributed by atoms with Crippen LogP contribution in [0.2, 0.25) is 5.02 Å². The van der Waals surface area contributed by atoms with Crippen LogP contribution in [0.4, 0.5) is 20.3 Å². The van der Waals surface area contributed by atoms with Gasteiger partial charge in [-0.1, -0.05) is 11.6 Å². The van der Waals surface area contributed by atoms with Gasteiger partial charge in [-0.3, -0.25) is 9.89 Å². The average molecular weight is 431 g/mol. The Labute approximate surface area is 174 Å². The van der Waals surface area contributed by atoms with Crippen LogP contribution < -0.4 is 10.2 Å². The average Bonchev–Trinajstić information content (AvgIpc) is 3.08. The molecule has 3 aromatic heterocycles. The highest BCUT2D eigenvalue weighted by molar-refractivity contribution is 6.36. The van der Waals surface area contributed by atoms with Gasteiger partial charge in [-0.15, -0.1) is 0 Å². The van der Waals surface area contributed by atoms with Gasteiger partial charge in [0.05, 0.1) is 28.9 Å². The second-order valence-corrected chi connectivity index (χ2v) is 7.94. The van der Waals surface area contributed by atoms with Gasteiger partial charge in [0.2, 0.25) is 5.91 Å². The van der Waals surface area contributed by atoms with Crippen LogP contribution in [0.3, 0.4) is 0 Å². The number of aromatic nitrogens is 4. The smallest absolute Gasteiger partial charge is 0.231 e. The van der Waals surface area contributed by atoms with Crippen LogP contribution in [0.25, 0.3) is 27.7 Å². The third-order valence-electron chi connectivity index (χ3n) is 5.25. The molecular formula is C20H17ClF2N6O. The number of H-pyrrole nitrogens is 1. The molecule has 3 heterocycles. The van der Waals surface area contributed by atoms with Crippen molar-refractivity contribution >= 4 is 45.6 Å². The predicted octanol–water partition coefficient (Wildman–Crippen LogP) is 4.03. The Morgan fingerprint density at radius 3 is 2.83 bits per heavy atom. The van der Waals surface area contributed by atoms with Crippen molar-refractivity contribution in [3.05, 3.63) is 41.6 Å². The quantitative estimate of drug-likeness (QED) is 0.512. The molecule has 1 saturated carbocycles. The Hall–Kier alpha value is -3.20. The van der Waals surface area contributed by atoms with Crippen molar-refractivity contribution in [1.82, 2.24) is 19.6 Å². The molecule has 5 rings (SSSR count). The molecule has 0 unspecified atom stereocenters. The Morgan fingerprint density at radius 2 is 2.13 bits per heavy atom. The number of hydrogen-bond donors (Lipinski definition) is 2. The third kappa shape index (κ3) is 2.88. The molecule has 0 saturated heterocycles. The van der Waals surface area contributed by atoms with Crippen molar-refractivity contribution in [2.24, 2.45) is 5.92 Å². The standard InChI is InChI=1S/C20H17ClF2N6O/c1-28(2)19-17(23)16(21)15(11-6-24-27-18(11)19)9-3-4-14-25-13(8-29(14)7-9)26-20(30)10-5-12(10)22/h3-4,6-8,10,12H,5H2,1-2H3,(H,24,27)(H,26,30)/t10-,12+/m0/s1. The van der Waals surface area contributed by atoms with Crippen molar-refractivity contribution in [2.75, 3.05) is 24.3 Å². The van der Waals surface area contributed by atoms with Crippen LogP contribution in [-0.2, 0) is 4.79 Å². The zero-order valence-electron chi connectivity index (χ0n) is 16.1. The van der Waals surface area contributed by atoms with E-state index in [1.165, 1.54) is 0 Å². The summed E-state index contributed by atoms with van der Waals surface area (Å²) < 4.78 is 29.8. The number of carbonyl (C=O) groups excluding carboxylic acids is 1. The predicted molar refractivity (Wildman–Crippen MR) is 111 cm³/mol. The lowest BCUT2D eigenvalue weighted by Gasteiger charge is -2.18. The monoisotopic (exact) mass is 430 g/mol. The first-order valence-corrected chi connectivity index (χ1v) is 9.68. The van der Waals surface area contributed by atoms with Crippen molar-refractivity contribution in [3.63, 3.8) is 0 Å². The summed E-state index contributed by atoms with van der Waals surface area (Å²) in [5.74, 6) is -1.20. The number of pyridine rings is 1. The Balaban J connectivity index is 1.59. The number of benzene rings is 1. The summed E-state index contributed by atoms with van der Waals surface area (Å²) in [6.07, 6.45) is 4.15. The maximum absolute atomic E-state index is 15.1. The van der Waals surface area contributed by atoms with Gasteiger partial charge < -0.3 is 14.6 Å². The van der Waals surface area contributed by atoms with Crippen LogP contribution in [-0.4, -0.2) is 45.8 Å². The molecule has 154 valence electrons. The van der Waals surface area contributed by atoms with E-state index < -0.39 is 17.9 Å². The molecule has 1 aromatic carbocycles. The second-order valence-electron chi connectivity index (χ2n) is 7.56. The van der Waals surface area contributed by atoms with E-state index in [2.05, 4.69) is 20.5 Å². The molecule has 1 fully saturated rings. The normalized spacial score (nSPS) is 18.2. The molecule has 2 N–H and O–H groups in total. The fourth-order valence-corrected chi connectivity index (χ4v) is 3.95. The van der Waals surface area contributed by atoms with Crippen LogP contribution in [0, 0.1) is 11.7 Å². The SMILES string of the molecule is CN(C)c1c(F)c(Cl)c(-c2ccc3nc(NC(=O)[C@H]4C[C@H]4F)cn3c2)c2cn[nH]c12. The summed E-state index contributed by atoms with van der Waals surface area (Å²) in [6, 6.07) is 3.51. The number of imidazole rings is 1. The highest BCUT2D eigenvalue weighted by atomic mass is 35.5. The third-order valence-corrected chi connectivity index (χ3v) is 5.61. The zero-order valence-corrected chi connectivity index (χ0v) is 16.8. The number of fused-ring (bicyclic) bond motifs is 2. The molecule has 7 nitrogen and oxygen atoms in total.